The van der Waals surface area contributed by atoms with Gasteiger partial charge in [-0.05, 0) is 25.0 Å². The van der Waals surface area contributed by atoms with Crippen LogP contribution in [0.1, 0.15) is 18.6 Å². The Balaban J connectivity index is 2.30. The van der Waals surface area contributed by atoms with E-state index in [1.165, 1.54) is 6.26 Å². The van der Waals surface area contributed by atoms with Crippen LogP contribution in [0, 0.1) is 0 Å². The summed E-state index contributed by atoms with van der Waals surface area (Å²) in [7, 11) is -3.20. The van der Waals surface area contributed by atoms with E-state index in [2.05, 4.69) is 4.72 Å². The van der Waals surface area contributed by atoms with Crippen molar-refractivity contribution in [3.05, 3.63) is 24.2 Å². The third-order valence-corrected chi connectivity index (χ3v) is 3.52. The van der Waals surface area contributed by atoms with E-state index in [0.29, 0.717) is 24.5 Å². The van der Waals surface area contributed by atoms with Gasteiger partial charge in [-0.3, -0.25) is 0 Å². The minimum absolute atomic E-state index is 0.112. The molecule has 0 spiro atoms. The third kappa shape index (κ3) is 5.20. The van der Waals surface area contributed by atoms with Crippen molar-refractivity contribution in [2.24, 2.45) is 0 Å². The van der Waals surface area contributed by atoms with Gasteiger partial charge in [-0.1, -0.05) is 0 Å². The second kappa shape index (κ2) is 6.15. The Morgan fingerprint density at radius 2 is 2.20 bits per heavy atom. The summed E-state index contributed by atoms with van der Waals surface area (Å²) in [4.78, 5) is 0. The second-order valence-corrected chi connectivity index (χ2v) is 5.42. The lowest BCUT2D eigenvalue weighted by atomic mass is 10.4. The van der Waals surface area contributed by atoms with Crippen molar-refractivity contribution in [2.45, 2.75) is 19.4 Å². The normalized spacial score (nSPS) is 11.8. The van der Waals surface area contributed by atoms with Gasteiger partial charge in [-0.15, -0.1) is 11.6 Å². The van der Waals surface area contributed by atoms with Crippen molar-refractivity contribution in [3.8, 4) is 0 Å². The van der Waals surface area contributed by atoms with Gasteiger partial charge in [0.05, 0.1) is 18.6 Å². The van der Waals surface area contributed by atoms with E-state index in [0.717, 1.165) is 0 Å². The summed E-state index contributed by atoms with van der Waals surface area (Å²) in [6, 6.07) is 3.44. The molecule has 0 radical (unpaired) electrons. The highest BCUT2D eigenvalue weighted by Crippen LogP contribution is 2.01. The van der Waals surface area contributed by atoms with Crippen molar-refractivity contribution >= 4 is 21.6 Å². The topological polar surface area (TPSA) is 59.3 Å². The van der Waals surface area contributed by atoms with Crippen molar-refractivity contribution in [1.29, 1.82) is 0 Å². The molecule has 1 aromatic heterocycles. The summed E-state index contributed by atoms with van der Waals surface area (Å²) in [6.07, 6.45) is 2.80. The maximum absolute atomic E-state index is 11.4. The molecule has 15 heavy (non-hydrogen) atoms. The van der Waals surface area contributed by atoms with Crippen molar-refractivity contribution in [2.75, 3.05) is 11.6 Å². The Morgan fingerprint density at radius 3 is 2.80 bits per heavy atom. The van der Waals surface area contributed by atoms with Gasteiger partial charge in [-0.25, -0.2) is 13.1 Å². The van der Waals surface area contributed by atoms with E-state index in [9.17, 15) is 8.42 Å². The number of alkyl halides is 1. The molecule has 4 nitrogen and oxygen atoms in total. The SMILES string of the molecule is O=S(=O)(CCCCCl)NCc1ccco1. The van der Waals surface area contributed by atoms with Crippen LogP contribution in [-0.4, -0.2) is 20.1 Å². The van der Waals surface area contributed by atoms with Gasteiger partial charge >= 0.3 is 0 Å². The van der Waals surface area contributed by atoms with E-state index in [-0.39, 0.29) is 12.3 Å². The van der Waals surface area contributed by atoms with Gasteiger partial charge in [0.1, 0.15) is 5.76 Å². The molecule has 1 heterocycles. The Labute approximate surface area is 94.7 Å². The Kier molecular flexibility index (Phi) is 5.14. The number of sulfonamides is 1. The van der Waals surface area contributed by atoms with E-state index >= 15 is 0 Å². The lowest BCUT2D eigenvalue weighted by Gasteiger charge is -2.03. The van der Waals surface area contributed by atoms with Crippen LogP contribution in [-0.2, 0) is 16.6 Å². The Bertz CT molecular complexity index is 361. The first-order valence-electron chi connectivity index (χ1n) is 4.70. The number of halogens is 1. The summed E-state index contributed by atoms with van der Waals surface area (Å²) in [5.41, 5.74) is 0. The molecule has 6 heteroatoms. The number of furan rings is 1. The fraction of sp³-hybridized carbons (Fsp3) is 0.556. The number of hydrogen-bond acceptors (Lipinski definition) is 3. The molecular weight excluding hydrogens is 238 g/mol. The zero-order chi connectivity index (χ0) is 11.1. The molecule has 0 aromatic carbocycles. The molecule has 0 bridgehead atoms. The molecule has 86 valence electrons. The van der Waals surface area contributed by atoms with Crippen LogP contribution in [0.3, 0.4) is 0 Å². The van der Waals surface area contributed by atoms with Crippen LogP contribution in [0.25, 0.3) is 0 Å². The monoisotopic (exact) mass is 251 g/mol. The maximum atomic E-state index is 11.4. The highest BCUT2D eigenvalue weighted by Gasteiger charge is 2.09. The molecular formula is C9H14ClNO3S. The standard InChI is InChI=1S/C9H14ClNO3S/c10-5-1-2-7-15(12,13)11-8-9-4-3-6-14-9/h3-4,6,11H,1-2,5,7-8H2. The molecule has 0 unspecified atom stereocenters. The largest absolute Gasteiger partial charge is 0.468 e. The molecule has 1 rings (SSSR count). The molecule has 0 saturated carbocycles. The van der Waals surface area contributed by atoms with Crippen LogP contribution in [0.4, 0.5) is 0 Å². The zero-order valence-corrected chi connectivity index (χ0v) is 9.85. The van der Waals surface area contributed by atoms with Crippen molar-refractivity contribution in [3.63, 3.8) is 0 Å². The lowest BCUT2D eigenvalue weighted by Crippen LogP contribution is -2.25. The Morgan fingerprint density at radius 1 is 1.40 bits per heavy atom. The van der Waals surface area contributed by atoms with Gasteiger partial charge in [0.15, 0.2) is 0 Å². The number of nitrogens with one attached hydrogen (secondary N) is 1. The molecule has 1 N–H and O–H groups in total. The first kappa shape index (κ1) is 12.5. The fourth-order valence-corrected chi connectivity index (χ4v) is 2.33. The highest BCUT2D eigenvalue weighted by atomic mass is 35.5. The van der Waals surface area contributed by atoms with Crippen molar-refractivity contribution < 1.29 is 12.8 Å². The average Bonchev–Trinajstić information content (AvgIpc) is 2.68. The van der Waals surface area contributed by atoms with Crippen LogP contribution >= 0.6 is 11.6 Å². The zero-order valence-electron chi connectivity index (χ0n) is 8.28. The predicted molar refractivity (Wildman–Crippen MR) is 59.3 cm³/mol. The number of hydrogen-bond donors (Lipinski definition) is 1. The molecule has 0 aliphatic carbocycles. The summed E-state index contributed by atoms with van der Waals surface area (Å²) in [5, 5.41) is 0. The minimum Gasteiger partial charge on any atom is -0.468 e. The number of rotatable bonds is 7. The van der Waals surface area contributed by atoms with E-state index in [4.69, 9.17) is 16.0 Å². The van der Waals surface area contributed by atoms with Crippen LogP contribution < -0.4 is 4.72 Å². The van der Waals surface area contributed by atoms with E-state index in [1.807, 2.05) is 0 Å². The summed E-state index contributed by atoms with van der Waals surface area (Å²) < 4.78 is 30.3. The van der Waals surface area contributed by atoms with Gasteiger partial charge in [0.25, 0.3) is 0 Å². The Hall–Kier alpha value is -0.520. The second-order valence-electron chi connectivity index (χ2n) is 3.12. The van der Waals surface area contributed by atoms with Crippen LogP contribution in [0.15, 0.2) is 22.8 Å². The first-order chi connectivity index (χ1) is 7.14. The molecule has 0 amide bonds. The average molecular weight is 252 g/mol. The van der Waals surface area contributed by atoms with Crippen molar-refractivity contribution in [1.82, 2.24) is 4.72 Å². The highest BCUT2D eigenvalue weighted by molar-refractivity contribution is 7.89. The summed E-state index contributed by atoms with van der Waals surface area (Å²) in [5.74, 6) is 1.21. The van der Waals surface area contributed by atoms with Crippen LogP contribution in [0.5, 0.6) is 0 Å². The van der Waals surface area contributed by atoms with E-state index in [1.54, 1.807) is 12.1 Å². The molecule has 0 atom stereocenters. The summed E-state index contributed by atoms with van der Waals surface area (Å²) in [6.45, 7) is 0.205. The molecule has 0 aliphatic heterocycles. The van der Waals surface area contributed by atoms with Gasteiger partial charge in [-0.2, -0.15) is 0 Å². The quantitative estimate of drug-likeness (QED) is 0.593. The lowest BCUT2D eigenvalue weighted by molar-refractivity contribution is 0.498. The first-order valence-corrected chi connectivity index (χ1v) is 6.88. The maximum Gasteiger partial charge on any atom is 0.212 e. The molecule has 0 aliphatic rings. The molecule has 1 aromatic rings. The third-order valence-electron chi connectivity index (χ3n) is 1.84. The van der Waals surface area contributed by atoms with Crippen LogP contribution in [0.2, 0.25) is 0 Å². The smallest absolute Gasteiger partial charge is 0.212 e. The van der Waals surface area contributed by atoms with E-state index < -0.39 is 10.0 Å². The predicted octanol–water partition coefficient (Wildman–Crippen LogP) is 1.72. The van der Waals surface area contributed by atoms with Gasteiger partial charge in [0.2, 0.25) is 10.0 Å². The fourth-order valence-electron chi connectivity index (χ4n) is 1.05. The molecule has 0 saturated heterocycles. The van der Waals surface area contributed by atoms with Gasteiger partial charge < -0.3 is 4.42 Å². The van der Waals surface area contributed by atoms with Gasteiger partial charge in [0, 0.05) is 5.88 Å². The summed E-state index contributed by atoms with van der Waals surface area (Å²) >= 11 is 5.46. The molecule has 0 fully saturated rings. The minimum atomic E-state index is -3.20. The number of unbranched alkanes of at least 4 members (excludes halogenated alkanes) is 1.